The highest BCUT2D eigenvalue weighted by atomic mass is 32.2. The molecule has 7 nitrogen and oxygen atoms in total. The number of nitro groups is 1. The second-order valence-electron chi connectivity index (χ2n) is 5.69. The molecular formula is C18H21N5O2S2. The third-order valence-corrected chi connectivity index (χ3v) is 6.22. The molecule has 142 valence electrons. The fraction of sp³-hybridized carbons (Fsp3) is 0.333. The molecule has 0 saturated heterocycles. The Balaban J connectivity index is 1.65. The molecule has 3 rings (SSSR count). The number of anilines is 2. The number of nitrogens with one attached hydrogen (secondary N) is 1. The molecule has 0 unspecified atom stereocenters. The van der Waals surface area contributed by atoms with E-state index >= 15 is 0 Å². The van der Waals surface area contributed by atoms with Crippen LogP contribution in [0.4, 0.5) is 17.3 Å². The van der Waals surface area contributed by atoms with Crippen molar-refractivity contribution in [2.75, 3.05) is 35.6 Å². The van der Waals surface area contributed by atoms with Gasteiger partial charge in [-0.15, -0.1) is 11.3 Å². The normalized spacial score (nSPS) is 10.9. The summed E-state index contributed by atoms with van der Waals surface area (Å²) in [6, 6.07) is 11.3. The third-order valence-electron chi connectivity index (χ3n) is 4.04. The molecule has 0 aliphatic heterocycles. The number of benzene rings is 1. The van der Waals surface area contributed by atoms with Crippen LogP contribution in [0.25, 0.3) is 10.2 Å². The van der Waals surface area contributed by atoms with Gasteiger partial charge in [0.2, 0.25) is 5.82 Å². The van der Waals surface area contributed by atoms with Crippen molar-refractivity contribution in [1.29, 1.82) is 0 Å². The van der Waals surface area contributed by atoms with Crippen LogP contribution in [0.2, 0.25) is 0 Å². The fourth-order valence-corrected chi connectivity index (χ4v) is 4.66. The Kier molecular flexibility index (Phi) is 6.46. The molecule has 0 atom stereocenters. The first kappa shape index (κ1) is 19.4. The van der Waals surface area contributed by atoms with Crippen molar-refractivity contribution in [3.8, 4) is 0 Å². The number of nitrogens with zero attached hydrogens (tertiary/aromatic N) is 4. The molecule has 27 heavy (non-hydrogen) atoms. The predicted molar refractivity (Wildman–Crippen MR) is 113 cm³/mol. The Labute approximate surface area is 166 Å². The van der Waals surface area contributed by atoms with Crippen LogP contribution in [-0.4, -0.2) is 40.3 Å². The van der Waals surface area contributed by atoms with Crippen LogP contribution >= 0.6 is 23.1 Å². The summed E-state index contributed by atoms with van der Waals surface area (Å²) < 4.78 is 2.16. The third kappa shape index (κ3) is 4.67. The second kappa shape index (κ2) is 9.01. The number of hydrogen-bond acceptors (Lipinski definition) is 8. The summed E-state index contributed by atoms with van der Waals surface area (Å²) in [6.45, 7) is 6.24. The Morgan fingerprint density at radius 1 is 1.19 bits per heavy atom. The molecule has 0 fully saturated rings. The summed E-state index contributed by atoms with van der Waals surface area (Å²) >= 11 is 3.29. The molecule has 0 saturated carbocycles. The highest BCUT2D eigenvalue weighted by molar-refractivity contribution is 8.01. The minimum Gasteiger partial charge on any atom is -0.363 e. The van der Waals surface area contributed by atoms with Gasteiger partial charge in [-0.3, -0.25) is 10.1 Å². The van der Waals surface area contributed by atoms with Crippen LogP contribution in [0.5, 0.6) is 0 Å². The van der Waals surface area contributed by atoms with Crippen LogP contribution in [0, 0.1) is 10.1 Å². The maximum Gasteiger partial charge on any atom is 0.311 e. The predicted octanol–water partition coefficient (Wildman–Crippen LogP) is 4.65. The summed E-state index contributed by atoms with van der Waals surface area (Å²) in [4.78, 5) is 22.0. The molecular weight excluding hydrogens is 382 g/mol. The number of thioether (sulfide) groups is 1. The summed E-state index contributed by atoms with van der Waals surface area (Å²) in [5, 5.41) is 14.4. The van der Waals surface area contributed by atoms with E-state index in [1.54, 1.807) is 29.2 Å². The summed E-state index contributed by atoms with van der Waals surface area (Å²) in [6.07, 6.45) is 0. The van der Waals surface area contributed by atoms with Crippen molar-refractivity contribution in [1.82, 2.24) is 9.97 Å². The van der Waals surface area contributed by atoms with E-state index in [9.17, 15) is 10.1 Å². The standard InChI is InChI=1S/C18H21N5O2S2/c1-3-22(4-2)16-10-9-14(23(24)25)17(21-16)19-11-12-26-18-20-13-7-5-6-8-15(13)27-18/h5-10H,3-4,11-12H2,1-2H3,(H,19,21). The van der Waals surface area contributed by atoms with E-state index in [-0.39, 0.29) is 5.69 Å². The zero-order valence-corrected chi connectivity index (χ0v) is 16.8. The Morgan fingerprint density at radius 3 is 2.67 bits per heavy atom. The quantitative estimate of drug-likeness (QED) is 0.241. The lowest BCUT2D eigenvalue weighted by atomic mass is 10.3. The van der Waals surface area contributed by atoms with Gasteiger partial charge < -0.3 is 10.2 Å². The second-order valence-corrected chi connectivity index (χ2v) is 8.06. The lowest BCUT2D eigenvalue weighted by Crippen LogP contribution is -2.23. The number of para-hydroxylation sites is 1. The maximum absolute atomic E-state index is 11.3. The number of thiazole rings is 1. The topological polar surface area (TPSA) is 84.2 Å². The van der Waals surface area contributed by atoms with Crippen molar-refractivity contribution in [3.63, 3.8) is 0 Å². The van der Waals surface area contributed by atoms with E-state index in [0.717, 1.165) is 39.2 Å². The molecule has 2 heterocycles. The zero-order chi connectivity index (χ0) is 19.2. The van der Waals surface area contributed by atoms with Crippen LogP contribution in [-0.2, 0) is 0 Å². The van der Waals surface area contributed by atoms with Crippen LogP contribution in [0.15, 0.2) is 40.7 Å². The average Bonchev–Trinajstić information content (AvgIpc) is 3.09. The van der Waals surface area contributed by atoms with Gasteiger partial charge in [0.1, 0.15) is 5.82 Å². The molecule has 2 aromatic heterocycles. The van der Waals surface area contributed by atoms with Crippen molar-refractivity contribution in [2.24, 2.45) is 0 Å². The first-order chi connectivity index (χ1) is 13.1. The van der Waals surface area contributed by atoms with Gasteiger partial charge in [-0.2, -0.15) is 0 Å². The van der Waals surface area contributed by atoms with E-state index in [4.69, 9.17) is 0 Å². The molecule has 9 heteroatoms. The number of pyridine rings is 1. The average molecular weight is 404 g/mol. The van der Waals surface area contributed by atoms with Gasteiger partial charge in [-0.25, -0.2) is 9.97 Å². The molecule has 0 bridgehead atoms. The van der Waals surface area contributed by atoms with Gasteiger partial charge >= 0.3 is 5.69 Å². The molecule has 0 aliphatic carbocycles. The van der Waals surface area contributed by atoms with Crippen molar-refractivity contribution < 1.29 is 4.92 Å². The highest BCUT2D eigenvalue weighted by Gasteiger charge is 2.17. The van der Waals surface area contributed by atoms with Gasteiger partial charge in [-0.05, 0) is 32.0 Å². The lowest BCUT2D eigenvalue weighted by molar-refractivity contribution is -0.384. The van der Waals surface area contributed by atoms with Gasteiger partial charge in [-0.1, -0.05) is 23.9 Å². The molecule has 0 aliphatic rings. The molecule has 3 aromatic rings. The van der Waals surface area contributed by atoms with Crippen molar-refractivity contribution in [3.05, 3.63) is 46.5 Å². The van der Waals surface area contributed by atoms with E-state index in [0.29, 0.717) is 12.4 Å². The van der Waals surface area contributed by atoms with E-state index < -0.39 is 4.92 Å². The van der Waals surface area contributed by atoms with Crippen LogP contribution < -0.4 is 10.2 Å². The molecule has 0 radical (unpaired) electrons. The Morgan fingerprint density at radius 2 is 1.96 bits per heavy atom. The van der Waals surface area contributed by atoms with E-state index in [1.807, 2.05) is 32.0 Å². The van der Waals surface area contributed by atoms with Gasteiger partial charge in [0.05, 0.1) is 15.1 Å². The van der Waals surface area contributed by atoms with E-state index in [1.165, 1.54) is 6.07 Å². The van der Waals surface area contributed by atoms with Crippen molar-refractivity contribution in [2.45, 2.75) is 18.2 Å². The molecule has 0 spiro atoms. The number of rotatable bonds is 9. The largest absolute Gasteiger partial charge is 0.363 e. The first-order valence-electron chi connectivity index (χ1n) is 8.75. The smallest absolute Gasteiger partial charge is 0.311 e. The summed E-state index contributed by atoms with van der Waals surface area (Å²) in [5.41, 5.74) is 0.998. The fourth-order valence-electron chi connectivity index (χ4n) is 2.66. The van der Waals surface area contributed by atoms with Crippen LogP contribution in [0.1, 0.15) is 13.8 Å². The Bertz CT molecular complexity index is 894. The SMILES string of the molecule is CCN(CC)c1ccc([N+](=O)[O-])c(NCCSc2nc3ccccc3s2)n1. The lowest BCUT2D eigenvalue weighted by Gasteiger charge is -2.20. The summed E-state index contributed by atoms with van der Waals surface area (Å²) in [5.74, 6) is 1.80. The highest BCUT2D eigenvalue weighted by Crippen LogP contribution is 2.30. The monoisotopic (exact) mass is 403 g/mol. The van der Waals surface area contributed by atoms with Crippen molar-refractivity contribution >= 4 is 50.6 Å². The first-order valence-corrected chi connectivity index (χ1v) is 10.5. The zero-order valence-electron chi connectivity index (χ0n) is 15.2. The van der Waals surface area contributed by atoms with E-state index in [2.05, 4.69) is 26.3 Å². The molecule has 1 N–H and O–H groups in total. The summed E-state index contributed by atoms with van der Waals surface area (Å²) in [7, 11) is 0. The van der Waals surface area contributed by atoms with Crippen LogP contribution in [0.3, 0.4) is 0 Å². The van der Waals surface area contributed by atoms with Gasteiger partial charge in [0, 0.05) is 31.5 Å². The number of hydrogen-bond donors (Lipinski definition) is 1. The van der Waals surface area contributed by atoms with Gasteiger partial charge in [0.15, 0.2) is 4.34 Å². The molecule has 1 aromatic carbocycles. The minimum atomic E-state index is -0.401. The van der Waals surface area contributed by atoms with Gasteiger partial charge in [0.25, 0.3) is 0 Å². The number of fused-ring (bicyclic) bond motifs is 1. The maximum atomic E-state index is 11.3. The Hall–Kier alpha value is -2.39. The molecule has 0 amide bonds. The minimum absolute atomic E-state index is 0.00380. The number of aromatic nitrogens is 2.